The lowest BCUT2D eigenvalue weighted by Crippen LogP contribution is -2.51. The maximum atomic E-state index is 12.8. The standard InChI is InChI=1S/C18H26N2O/c1-13-7-9-16(10-8-13)20(2)18(21)17-11-14-5-3-4-6-15(14)12-19-17/h3-6,13,16-17,19H,7-12H2,1-2H3/t13?,16?,17-/m0/s1. The smallest absolute Gasteiger partial charge is 0.240 e. The third kappa shape index (κ3) is 3.13. The highest BCUT2D eigenvalue weighted by Gasteiger charge is 2.31. The van der Waals surface area contributed by atoms with Crippen molar-refractivity contribution in [2.75, 3.05) is 7.05 Å². The third-order valence-corrected chi connectivity index (χ3v) is 5.26. The van der Waals surface area contributed by atoms with Crippen molar-refractivity contribution in [3.05, 3.63) is 35.4 Å². The molecule has 1 aromatic rings. The number of hydrogen-bond donors (Lipinski definition) is 1. The van der Waals surface area contributed by atoms with E-state index in [0.717, 1.165) is 31.7 Å². The molecule has 0 spiro atoms. The summed E-state index contributed by atoms with van der Waals surface area (Å²) in [6, 6.07) is 8.82. The Hall–Kier alpha value is -1.35. The average molecular weight is 286 g/mol. The van der Waals surface area contributed by atoms with Gasteiger partial charge in [-0.25, -0.2) is 0 Å². The van der Waals surface area contributed by atoms with Crippen LogP contribution in [0.15, 0.2) is 24.3 Å². The van der Waals surface area contributed by atoms with Crippen LogP contribution < -0.4 is 5.32 Å². The summed E-state index contributed by atoms with van der Waals surface area (Å²) in [5.41, 5.74) is 2.65. The Morgan fingerprint density at radius 1 is 1.14 bits per heavy atom. The summed E-state index contributed by atoms with van der Waals surface area (Å²) < 4.78 is 0. The summed E-state index contributed by atoms with van der Waals surface area (Å²) in [6.45, 7) is 3.12. The molecule has 1 aliphatic carbocycles. The van der Waals surface area contributed by atoms with Crippen LogP contribution in [0.25, 0.3) is 0 Å². The lowest BCUT2D eigenvalue weighted by molar-refractivity contribution is -0.135. The van der Waals surface area contributed by atoms with Gasteiger partial charge in [0.25, 0.3) is 0 Å². The highest BCUT2D eigenvalue weighted by Crippen LogP contribution is 2.27. The van der Waals surface area contributed by atoms with Gasteiger partial charge in [-0.15, -0.1) is 0 Å². The number of carbonyl (C=O) groups is 1. The van der Waals surface area contributed by atoms with Crippen LogP contribution in [0.5, 0.6) is 0 Å². The Bertz CT molecular complexity index is 506. The van der Waals surface area contributed by atoms with Crippen LogP contribution in [-0.4, -0.2) is 29.9 Å². The van der Waals surface area contributed by atoms with Crippen LogP contribution in [0.3, 0.4) is 0 Å². The lowest BCUT2D eigenvalue weighted by atomic mass is 9.86. The Labute approximate surface area is 127 Å². The molecule has 3 heteroatoms. The zero-order valence-electron chi connectivity index (χ0n) is 13.1. The van der Waals surface area contributed by atoms with Crippen molar-refractivity contribution in [1.82, 2.24) is 10.2 Å². The minimum atomic E-state index is -0.0516. The number of benzene rings is 1. The van der Waals surface area contributed by atoms with Gasteiger partial charge in [0.15, 0.2) is 0 Å². The van der Waals surface area contributed by atoms with Crippen molar-refractivity contribution >= 4 is 5.91 Å². The minimum Gasteiger partial charge on any atom is -0.341 e. The Balaban J connectivity index is 1.63. The Morgan fingerprint density at radius 3 is 2.52 bits per heavy atom. The van der Waals surface area contributed by atoms with E-state index in [-0.39, 0.29) is 11.9 Å². The predicted molar refractivity (Wildman–Crippen MR) is 85.0 cm³/mol. The predicted octanol–water partition coefficient (Wildman–Crippen LogP) is 2.74. The van der Waals surface area contributed by atoms with Gasteiger partial charge < -0.3 is 10.2 Å². The number of nitrogens with zero attached hydrogens (tertiary/aromatic N) is 1. The number of fused-ring (bicyclic) bond motifs is 1. The Kier molecular flexibility index (Phi) is 4.29. The van der Waals surface area contributed by atoms with E-state index in [1.165, 1.54) is 24.0 Å². The third-order valence-electron chi connectivity index (χ3n) is 5.26. The topological polar surface area (TPSA) is 32.3 Å². The number of rotatable bonds is 2. The highest BCUT2D eigenvalue weighted by atomic mass is 16.2. The van der Waals surface area contributed by atoms with Crippen LogP contribution in [0.2, 0.25) is 0 Å². The summed E-state index contributed by atoms with van der Waals surface area (Å²) in [6.07, 6.45) is 5.65. The van der Waals surface area contributed by atoms with Gasteiger partial charge in [0, 0.05) is 19.6 Å². The SMILES string of the molecule is CC1CCC(N(C)C(=O)[C@@H]2Cc3ccccc3CN2)CC1. The maximum Gasteiger partial charge on any atom is 0.240 e. The molecule has 0 bridgehead atoms. The number of amides is 1. The van der Waals surface area contributed by atoms with Crippen molar-refractivity contribution < 1.29 is 4.79 Å². The van der Waals surface area contributed by atoms with Crippen molar-refractivity contribution in [2.45, 2.75) is 57.7 Å². The van der Waals surface area contributed by atoms with Gasteiger partial charge in [0.1, 0.15) is 0 Å². The van der Waals surface area contributed by atoms with E-state index in [0.29, 0.717) is 6.04 Å². The van der Waals surface area contributed by atoms with Crippen LogP contribution in [0.1, 0.15) is 43.7 Å². The first-order valence-electron chi connectivity index (χ1n) is 8.22. The summed E-state index contributed by atoms with van der Waals surface area (Å²) in [7, 11) is 1.99. The molecule has 0 saturated heterocycles. The fourth-order valence-electron chi connectivity index (χ4n) is 3.68. The molecular weight excluding hydrogens is 260 g/mol. The monoisotopic (exact) mass is 286 g/mol. The van der Waals surface area contributed by atoms with E-state index in [1.807, 2.05) is 11.9 Å². The van der Waals surface area contributed by atoms with E-state index in [4.69, 9.17) is 0 Å². The second kappa shape index (κ2) is 6.18. The second-order valence-electron chi connectivity index (χ2n) is 6.77. The Morgan fingerprint density at radius 2 is 1.81 bits per heavy atom. The quantitative estimate of drug-likeness (QED) is 0.906. The fraction of sp³-hybridized carbons (Fsp3) is 0.611. The van der Waals surface area contributed by atoms with Crippen LogP contribution in [-0.2, 0) is 17.8 Å². The minimum absolute atomic E-state index is 0.0516. The molecule has 1 atom stereocenters. The van der Waals surface area contributed by atoms with Gasteiger partial charge in [0.05, 0.1) is 6.04 Å². The molecule has 3 rings (SSSR count). The average Bonchev–Trinajstić information content (AvgIpc) is 2.54. The highest BCUT2D eigenvalue weighted by molar-refractivity contribution is 5.82. The normalized spacial score (nSPS) is 28.8. The molecule has 1 N–H and O–H groups in total. The summed E-state index contributed by atoms with van der Waals surface area (Å²) in [5, 5.41) is 3.41. The lowest BCUT2D eigenvalue weighted by Gasteiger charge is -2.36. The van der Waals surface area contributed by atoms with Gasteiger partial charge in [-0.3, -0.25) is 4.79 Å². The van der Waals surface area contributed by atoms with Crippen molar-refractivity contribution in [3.8, 4) is 0 Å². The molecule has 2 aliphatic rings. The molecule has 1 saturated carbocycles. The molecule has 114 valence electrons. The summed E-state index contributed by atoms with van der Waals surface area (Å²) >= 11 is 0. The van der Waals surface area contributed by atoms with E-state index in [1.54, 1.807) is 0 Å². The molecule has 0 radical (unpaired) electrons. The molecule has 1 heterocycles. The molecule has 3 nitrogen and oxygen atoms in total. The summed E-state index contributed by atoms with van der Waals surface area (Å²) in [5.74, 6) is 1.09. The van der Waals surface area contributed by atoms with E-state index in [2.05, 4.69) is 36.5 Å². The van der Waals surface area contributed by atoms with Crippen LogP contribution >= 0.6 is 0 Å². The molecule has 1 aliphatic heterocycles. The number of carbonyl (C=O) groups excluding carboxylic acids is 1. The fourth-order valence-corrected chi connectivity index (χ4v) is 3.68. The van der Waals surface area contributed by atoms with E-state index in [9.17, 15) is 4.79 Å². The van der Waals surface area contributed by atoms with Crippen LogP contribution in [0.4, 0.5) is 0 Å². The van der Waals surface area contributed by atoms with Gasteiger partial charge in [-0.2, -0.15) is 0 Å². The van der Waals surface area contributed by atoms with Crippen LogP contribution in [0, 0.1) is 5.92 Å². The zero-order chi connectivity index (χ0) is 14.8. The first-order valence-corrected chi connectivity index (χ1v) is 8.22. The number of hydrogen-bond acceptors (Lipinski definition) is 2. The number of likely N-dealkylation sites (N-methyl/N-ethyl adjacent to an activating group) is 1. The van der Waals surface area contributed by atoms with Crippen molar-refractivity contribution in [2.24, 2.45) is 5.92 Å². The van der Waals surface area contributed by atoms with E-state index < -0.39 is 0 Å². The van der Waals surface area contributed by atoms with Gasteiger partial charge in [-0.1, -0.05) is 31.2 Å². The largest absolute Gasteiger partial charge is 0.341 e. The molecule has 21 heavy (non-hydrogen) atoms. The molecule has 0 aromatic heterocycles. The van der Waals surface area contributed by atoms with Gasteiger partial charge in [-0.05, 0) is 49.1 Å². The zero-order valence-corrected chi connectivity index (χ0v) is 13.1. The van der Waals surface area contributed by atoms with Crippen molar-refractivity contribution in [1.29, 1.82) is 0 Å². The van der Waals surface area contributed by atoms with Crippen molar-refractivity contribution in [3.63, 3.8) is 0 Å². The molecule has 1 fully saturated rings. The van der Waals surface area contributed by atoms with E-state index >= 15 is 0 Å². The summed E-state index contributed by atoms with van der Waals surface area (Å²) in [4.78, 5) is 14.8. The first kappa shape index (κ1) is 14.6. The molecular formula is C18H26N2O. The second-order valence-corrected chi connectivity index (χ2v) is 6.77. The first-order chi connectivity index (χ1) is 10.1. The molecule has 0 unspecified atom stereocenters. The van der Waals surface area contributed by atoms with Gasteiger partial charge in [0.2, 0.25) is 5.91 Å². The maximum absolute atomic E-state index is 12.8. The van der Waals surface area contributed by atoms with Gasteiger partial charge >= 0.3 is 0 Å². The number of nitrogens with one attached hydrogen (secondary N) is 1. The molecule has 1 aromatic carbocycles. The molecule has 1 amide bonds.